The Labute approximate surface area is 104 Å². The zero-order valence-corrected chi connectivity index (χ0v) is 9.97. The van der Waals surface area contributed by atoms with Gasteiger partial charge in [-0.2, -0.15) is 12.6 Å². The van der Waals surface area contributed by atoms with E-state index < -0.39 is 29.9 Å². The highest BCUT2D eigenvalue weighted by Gasteiger charge is 2.11. The van der Waals surface area contributed by atoms with E-state index in [2.05, 4.69) is 12.6 Å². The molecule has 0 fully saturated rings. The number of hydrogen-bond donors (Lipinski definition) is 6. The van der Waals surface area contributed by atoms with Gasteiger partial charge in [-0.15, -0.1) is 0 Å². The van der Waals surface area contributed by atoms with Gasteiger partial charge in [0.1, 0.15) is 12.1 Å². The van der Waals surface area contributed by atoms with Crippen LogP contribution in [0.1, 0.15) is 12.8 Å². The van der Waals surface area contributed by atoms with Crippen LogP contribution in [-0.4, -0.2) is 45.9 Å². The van der Waals surface area contributed by atoms with Crippen LogP contribution in [0.4, 0.5) is 0 Å². The third kappa shape index (κ3) is 12.6. The first-order valence-electron chi connectivity index (χ1n) is 4.58. The molecule has 0 radical (unpaired) electrons. The minimum Gasteiger partial charge on any atom is -0.480 e. The fourth-order valence-electron chi connectivity index (χ4n) is 0.499. The number of carboxylic acid groups (broad SMARTS) is 2. The summed E-state index contributed by atoms with van der Waals surface area (Å²) in [6, 6.07) is -1.80. The fraction of sp³-hybridized carbons (Fsp3) is 0.625. The zero-order chi connectivity index (χ0) is 14.0. The number of carbonyl (C=O) groups excluding carboxylic acids is 1. The molecular weight excluding hydrogens is 250 g/mol. The number of carboxylic acids is 2. The minimum absolute atomic E-state index is 0.0213. The van der Waals surface area contributed by atoms with Crippen LogP contribution in [0, 0.1) is 0 Å². The van der Waals surface area contributed by atoms with Gasteiger partial charge in [0.2, 0.25) is 5.91 Å². The van der Waals surface area contributed by atoms with E-state index in [4.69, 9.17) is 27.4 Å². The maximum atomic E-state index is 10.1. The average molecular weight is 267 g/mol. The smallest absolute Gasteiger partial charge is 0.321 e. The van der Waals surface area contributed by atoms with Crippen LogP contribution in [0.15, 0.2) is 0 Å². The number of carbonyl (C=O) groups is 3. The highest BCUT2D eigenvalue weighted by Crippen LogP contribution is 1.92. The predicted octanol–water partition coefficient (Wildman–Crippen LogP) is -2.01. The number of amides is 1. The summed E-state index contributed by atoms with van der Waals surface area (Å²) in [4.78, 5) is 29.9. The number of nitrogens with two attached hydrogens (primary N) is 3. The summed E-state index contributed by atoms with van der Waals surface area (Å²) >= 11 is 3.65. The van der Waals surface area contributed by atoms with Crippen molar-refractivity contribution in [2.24, 2.45) is 17.2 Å². The van der Waals surface area contributed by atoms with Gasteiger partial charge in [0.05, 0.1) is 0 Å². The molecule has 0 heterocycles. The summed E-state index contributed by atoms with van der Waals surface area (Å²) in [5.41, 5.74) is 14.8. The van der Waals surface area contributed by atoms with Gasteiger partial charge >= 0.3 is 11.9 Å². The standard InChI is InChI=1S/C5H10N2O3.C3H7NO2S/c6-3(5(9)10)1-2-4(7)8;4-2(1-7)3(5)6/h3H,1-2,6H2,(H2,7,8)(H,9,10);2,7H,1,4H2,(H,5,6)/t3-;2-/m00/s1. The van der Waals surface area contributed by atoms with Gasteiger partial charge in [-0.1, -0.05) is 0 Å². The molecule has 0 aliphatic carbocycles. The Morgan fingerprint density at radius 1 is 1.06 bits per heavy atom. The summed E-state index contributed by atoms with van der Waals surface area (Å²) in [6.07, 6.45) is 0.123. The third-order valence-corrected chi connectivity index (χ3v) is 1.93. The molecular formula is C8H17N3O5S. The molecule has 0 aliphatic rings. The SMILES string of the molecule is NC(=O)CC[C@H](N)C(=O)O.N[C@@H](CS)C(=O)O. The van der Waals surface area contributed by atoms with Gasteiger partial charge in [-0.05, 0) is 6.42 Å². The van der Waals surface area contributed by atoms with Crippen LogP contribution < -0.4 is 17.2 Å². The van der Waals surface area contributed by atoms with Crippen molar-refractivity contribution < 1.29 is 24.6 Å². The summed E-state index contributed by atoms with van der Waals surface area (Å²) in [5.74, 6) is -2.46. The van der Waals surface area contributed by atoms with Crippen molar-refractivity contribution in [3.63, 3.8) is 0 Å². The predicted molar refractivity (Wildman–Crippen MR) is 63.5 cm³/mol. The molecule has 1 amide bonds. The van der Waals surface area contributed by atoms with E-state index in [0.29, 0.717) is 0 Å². The van der Waals surface area contributed by atoms with E-state index in [0.717, 1.165) is 0 Å². The summed E-state index contributed by atoms with van der Waals surface area (Å²) < 4.78 is 0. The van der Waals surface area contributed by atoms with Crippen molar-refractivity contribution in [1.29, 1.82) is 0 Å². The Hall–Kier alpha value is -1.32. The highest BCUT2D eigenvalue weighted by atomic mass is 32.1. The lowest BCUT2D eigenvalue weighted by atomic mass is 10.2. The van der Waals surface area contributed by atoms with Crippen LogP contribution in [0.5, 0.6) is 0 Å². The number of thiol groups is 1. The topological polar surface area (TPSA) is 170 Å². The molecule has 0 aromatic carbocycles. The van der Waals surface area contributed by atoms with Crippen LogP contribution in [0.2, 0.25) is 0 Å². The van der Waals surface area contributed by atoms with Crippen molar-refractivity contribution >= 4 is 30.5 Å². The number of primary amides is 1. The molecule has 0 spiro atoms. The van der Waals surface area contributed by atoms with Crippen molar-refractivity contribution in [3.8, 4) is 0 Å². The summed E-state index contributed by atoms with van der Waals surface area (Å²) in [5, 5.41) is 16.2. The van der Waals surface area contributed by atoms with Crippen molar-refractivity contribution in [2.75, 3.05) is 5.75 Å². The molecule has 0 saturated carbocycles. The first-order valence-corrected chi connectivity index (χ1v) is 5.21. The number of rotatable bonds is 6. The van der Waals surface area contributed by atoms with Crippen molar-refractivity contribution in [3.05, 3.63) is 0 Å². The van der Waals surface area contributed by atoms with E-state index in [1.807, 2.05) is 0 Å². The van der Waals surface area contributed by atoms with Gasteiger partial charge < -0.3 is 27.4 Å². The van der Waals surface area contributed by atoms with Crippen LogP contribution in [0.3, 0.4) is 0 Å². The maximum Gasteiger partial charge on any atom is 0.321 e. The first-order chi connectivity index (χ1) is 7.72. The zero-order valence-electron chi connectivity index (χ0n) is 9.07. The molecule has 9 heteroatoms. The third-order valence-electron chi connectivity index (χ3n) is 1.53. The van der Waals surface area contributed by atoms with Crippen molar-refractivity contribution in [1.82, 2.24) is 0 Å². The highest BCUT2D eigenvalue weighted by molar-refractivity contribution is 7.80. The molecule has 0 saturated heterocycles. The molecule has 2 atom stereocenters. The quantitative estimate of drug-likeness (QED) is 0.302. The number of hydrogen-bond acceptors (Lipinski definition) is 6. The molecule has 0 aromatic heterocycles. The molecule has 0 unspecified atom stereocenters. The lowest BCUT2D eigenvalue weighted by Gasteiger charge is -2.01. The molecule has 0 bridgehead atoms. The van der Waals surface area contributed by atoms with Gasteiger partial charge in [0.15, 0.2) is 0 Å². The molecule has 8 nitrogen and oxygen atoms in total. The second-order valence-corrected chi connectivity index (χ2v) is 3.44. The lowest BCUT2D eigenvalue weighted by molar-refractivity contribution is -0.139. The van der Waals surface area contributed by atoms with Gasteiger partial charge in [-0.3, -0.25) is 14.4 Å². The minimum atomic E-state index is -1.11. The Bertz CT molecular complexity index is 274. The first kappa shape index (κ1) is 18.1. The van der Waals surface area contributed by atoms with E-state index in [-0.39, 0.29) is 18.6 Å². The largest absolute Gasteiger partial charge is 0.480 e. The summed E-state index contributed by atoms with van der Waals surface area (Å²) in [7, 11) is 0. The van der Waals surface area contributed by atoms with Gasteiger partial charge in [0, 0.05) is 12.2 Å². The fourth-order valence-corrected chi connectivity index (χ4v) is 0.656. The van der Waals surface area contributed by atoms with Crippen LogP contribution >= 0.6 is 12.6 Å². The van der Waals surface area contributed by atoms with Gasteiger partial charge in [-0.25, -0.2) is 0 Å². The van der Waals surface area contributed by atoms with Crippen LogP contribution in [-0.2, 0) is 14.4 Å². The number of aliphatic carboxylic acids is 2. The molecule has 17 heavy (non-hydrogen) atoms. The average Bonchev–Trinajstić information content (AvgIpc) is 2.24. The van der Waals surface area contributed by atoms with E-state index >= 15 is 0 Å². The van der Waals surface area contributed by atoms with E-state index in [1.54, 1.807) is 0 Å². The molecule has 0 aromatic rings. The maximum absolute atomic E-state index is 10.1. The Kier molecular flexibility index (Phi) is 10.5. The summed E-state index contributed by atoms with van der Waals surface area (Å²) in [6.45, 7) is 0. The normalized spacial score (nSPS) is 12.9. The van der Waals surface area contributed by atoms with E-state index in [9.17, 15) is 14.4 Å². The second-order valence-electron chi connectivity index (χ2n) is 3.08. The lowest BCUT2D eigenvalue weighted by Crippen LogP contribution is -2.31. The Balaban J connectivity index is 0. The van der Waals surface area contributed by atoms with Crippen molar-refractivity contribution in [2.45, 2.75) is 24.9 Å². The Morgan fingerprint density at radius 3 is 1.65 bits per heavy atom. The Morgan fingerprint density at radius 2 is 1.47 bits per heavy atom. The molecule has 100 valence electrons. The molecule has 0 rings (SSSR count). The molecule has 8 N–H and O–H groups in total. The monoisotopic (exact) mass is 267 g/mol. The van der Waals surface area contributed by atoms with Crippen LogP contribution in [0.25, 0.3) is 0 Å². The molecule has 0 aliphatic heterocycles. The second kappa shape index (κ2) is 9.87. The van der Waals surface area contributed by atoms with Gasteiger partial charge in [0.25, 0.3) is 0 Å². The van der Waals surface area contributed by atoms with E-state index in [1.165, 1.54) is 0 Å².